The van der Waals surface area contributed by atoms with Gasteiger partial charge in [0, 0.05) is 18.5 Å². The molecule has 1 atom stereocenters. The Morgan fingerprint density at radius 1 is 1.15 bits per heavy atom. The number of aromatic nitrogens is 2. The van der Waals surface area contributed by atoms with Crippen LogP contribution in [0.4, 0.5) is 10.1 Å². The summed E-state index contributed by atoms with van der Waals surface area (Å²) in [7, 11) is 0. The van der Waals surface area contributed by atoms with Crippen molar-refractivity contribution in [3.8, 4) is 11.4 Å². The lowest BCUT2D eigenvalue weighted by molar-refractivity contribution is -0.117. The molecule has 0 bridgehead atoms. The summed E-state index contributed by atoms with van der Waals surface area (Å²) in [5, 5.41) is 4.41. The van der Waals surface area contributed by atoms with Crippen LogP contribution in [0.3, 0.4) is 0 Å². The third-order valence-corrected chi connectivity index (χ3v) is 4.85. The minimum Gasteiger partial charge on any atom is -0.339 e. The molecule has 3 aromatic rings. The molecule has 4 rings (SSSR count). The molecule has 0 saturated carbocycles. The van der Waals surface area contributed by atoms with Crippen LogP contribution in [0, 0.1) is 5.82 Å². The van der Waals surface area contributed by atoms with Crippen molar-refractivity contribution in [2.24, 2.45) is 0 Å². The molecule has 0 aliphatic carbocycles. The van der Waals surface area contributed by atoms with Gasteiger partial charge in [0.25, 0.3) is 0 Å². The Balaban J connectivity index is 1.58. The number of para-hydroxylation sites is 1. The summed E-state index contributed by atoms with van der Waals surface area (Å²) in [4.78, 5) is 18.4. The fourth-order valence-corrected chi connectivity index (χ4v) is 3.35. The number of rotatable bonds is 3. The SMILES string of the molecule is O=C1CC(c2nc(-c3ccc(F)c(Cl)c3)no2)CN1c1ccccc1Cl. The largest absolute Gasteiger partial charge is 0.339 e. The van der Waals surface area contributed by atoms with E-state index in [2.05, 4.69) is 10.1 Å². The normalized spacial score (nSPS) is 17.1. The van der Waals surface area contributed by atoms with E-state index < -0.39 is 5.82 Å². The van der Waals surface area contributed by atoms with E-state index in [-0.39, 0.29) is 23.3 Å². The predicted molar refractivity (Wildman–Crippen MR) is 95.9 cm³/mol. The summed E-state index contributed by atoms with van der Waals surface area (Å²) >= 11 is 12.0. The molecule has 1 fully saturated rings. The fourth-order valence-electron chi connectivity index (χ4n) is 2.93. The lowest BCUT2D eigenvalue weighted by Gasteiger charge is -2.17. The van der Waals surface area contributed by atoms with Gasteiger partial charge in [0.2, 0.25) is 17.6 Å². The third kappa shape index (κ3) is 3.06. The quantitative estimate of drug-likeness (QED) is 0.648. The fraction of sp³-hybridized carbons (Fsp3) is 0.167. The highest BCUT2D eigenvalue weighted by Gasteiger charge is 2.35. The van der Waals surface area contributed by atoms with Gasteiger partial charge in [-0.15, -0.1) is 0 Å². The van der Waals surface area contributed by atoms with Gasteiger partial charge in [-0.1, -0.05) is 40.5 Å². The van der Waals surface area contributed by atoms with Crippen molar-refractivity contribution in [3.05, 3.63) is 64.2 Å². The summed E-state index contributed by atoms with van der Waals surface area (Å²) in [5.74, 6) is -0.173. The van der Waals surface area contributed by atoms with Crippen LogP contribution in [0.5, 0.6) is 0 Å². The highest BCUT2D eigenvalue weighted by atomic mass is 35.5. The number of hydrogen-bond acceptors (Lipinski definition) is 4. The first-order valence-electron chi connectivity index (χ1n) is 7.87. The Bertz CT molecular complexity index is 992. The van der Waals surface area contributed by atoms with Gasteiger partial charge in [-0.2, -0.15) is 4.98 Å². The minimum absolute atomic E-state index is 0.0187. The molecule has 0 spiro atoms. The van der Waals surface area contributed by atoms with Crippen LogP contribution in [-0.4, -0.2) is 22.6 Å². The van der Waals surface area contributed by atoms with E-state index in [0.717, 1.165) is 0 Å². The zero-order valence-electron chi connectivity index (χ0n) is 13.3. The van der Waals surface area contributed by atoms with Gasteiger partial charge >= 0.3 is 0 Å². The average molecular weight is 392 g/mol. The number of carbonyl (C=O) groups excluding carboxylic acids is 1. The van der Waals surface area contributed by atoms with Crippen LogP contribution in [0.1, 0.15) is 18.2 Å². The molecular formula is C18H12Cl2FN3O2. The van der Waals surface area contributed by atoms with Crippen molar-refractivity contribution in [1.82, 2.24) is 10.1 Å². The summed E-state index contributed by atoms with van der Waals surface area (Å²) in [6.45, 7) is 0.397. The Labute approximate surface area is 158 Å². The van der Waals surface area contributed by atoms with Crippen LogP contribution in [0.15, 0.2) is 47.0 Å². The van der Waals surface area contributed by atoms with Crippen molar-refractivity contribution < 1.29 is 13.7 Å². The number of halogens is 3. The molecular weight excluding hydrogens is 380 g/mol. The van der Waals surface area contributed by atoms with Gasteiger partial charge in [0.05, 0.1) is 21.7 Å². The molecule has 1 amide bonds. The molecule has 0 radical (unpaired) electrons. The van der Waals surface area contributed by atoms with E-state index in [1.807, 2.05) is 12.1 Å². The molecule has 1 aliphatic heterocycles. The topological polar surface area (TPSA) is 59.2 Å². The summed E-state index contributed by atoms with van der Waals surface area (Å²) in [5.41, 5.74) is 1.20. The van der Waals surface area contributed by atoms with Crippen LogP contribution < -0.4 is 4.90 Å². The van der Waals surface area contributed by atoms with E-state index in [1.54, 1.807) is 17.0 Å². The zero-order valence-corrected chi connectivity index (χ0v) is 14.8. The second-order valence-electron chi connectivity index (χ2n) is 5.94. The second-order valence-corrected chi connectivity index (χ2v) is 6.76. The van der Waals surface area contributed by atoms with Gasteiger partial charge in [0.15, 0.2) is 0 Å². The molecule has 5 nitrogen and oxygen atoms in total. The maximum Gasteiger partial charge on any atom is 0.232 e. The summed E-state index contributed by atoms with van der Waals surface area (Å²) in [6.07, 6.45) is 0.247. The lowest BCUT2D eigenvalue weighted by Crippen LogP contribution is -2.24. The molecule has 26 heavy (non-hydrogen) atoms. The van der Waals surface area contributed by atoms with Crippen molar-refractivity contribution >= 4 is 34.8 Å². The van der Waals surface area contributed by atoms with E-state index in [0.29, 0.717) is 34.5 Å². The van der Waals surface area contributed by atoms with Crippen molar-refractivity contribution in [2.45, 2.75) is 12.3 Å². The van der Waals surface area contributed by atoms with Crippen LogP contribution >= 0.6 is 23.2 Å². The molecule has 1 saturated heterocycles. The number of hydrogen-bond donors (Lipinski definition) is 0. The molecule has 1 unspecified atom stereocenters. The summed E-state index contributed by atoms with van der Waals surface area (Å²) < 4.78 is 18.6. The highest BCUT2D eigenvalue weighted by molar-refractivity contribution is 6.33. The molecule has 2 aromatic carbocycles. The molecule has 8 heteroatoms. The van der Waals surface area contributed by atoms with Gasteiger partial charge in [-0.3, -0.25) is 4.79 Å². The first-order valence-corrected chi connectivity index (χ1v) is 8.62. The van der Waals surface area contributed by atoms with Crippen molar-refractivity contribution in [3.63, 3.8) is 0 Å². The number of amides is 1. The van der Waals surface area contributed by atoms with Crippen LogP contribution in [0.2, 0.25) is 10.0 Å². The predicted octanol–water partition coefficient (Wildman–Crippen LogP) is 4.70. The Morgan fingerprint density at radius 3 is 2.73 bits per heavy atom. The number of benzene rings is 2. The zero-order chi connectivity index (χ0) is 18.3. The molecule has 132 valence electrons. The van der Waals surface area contributed by atoms with Crippen LogP contribution in [-0.2, 0) is 4.79 Å². The molecule has 1 aliphatic rings. The van der Waals surface area contributed by atoms with Gasteiger partial charge in [-0.25, -0.2) is 4.39 Å². The van der Waals surface area contributed by atoms with Gasteiger partial charge < -0.3 is 9.42 Å². The van der Waals surface area contributed by atoms with E-state index in [4.69, 9.17) is 27.7 Å². The molecule has 0 N–H and O–H groups in total. The standard InChI is InChI=1S/C18H12Cl2FN3O2/c19-12-3-1-2-4-15(12)24-9-11(8-16(24)25)18-22-17(23-26-18)10-5-6-14(21)13(20)7-10/h1-7,11H,8-9H2. The maximum atomic E-state index is 13.3. The monoisotopic (exact) mass is 391 g/mol. The van der Waals surface area contributed by atoms with E-state index >= 15 is 0 Å². The molecule has 1 aromatic heterocycles. The van der Waals surface area contributed by atoms with E-state index in [1.165, 1.54) is 18.2 Å². The Kier molecular flexibility index (Phi) is 4.38. The first kappa shape index (κ1) is 17.0. The summed E-state index contributed by atoms with van der Waals surface area (Å²) in [6, 6.07) is 11.4. The lowest BCUT2D eigenvalue weighted by atomic mass is 10.1. The molecule has 2 heterocycles. The van der Waals surface area contributed by atoms with Crippen molar-refractivity contribution in [1.29, 1.82) is 0 Å². The highest BCUT2D eigenvalue weighted by Crippen LogP contribution is 2.35. The minimum atomic E-state index is -0.518. The number of carbonyl (C=O) groups is 1. The Morgan fingerprint density at radius 2 is 1.96 bits per heavy atom. The smallest absolute Gasteiger partial charge is 0.232 e. The van der Waals surface area contributed by atoms with Gasteiger partial charge in [-0.05, 0) is 30.3 Å². The van der Waals surface area contributed by atoms with Gasteiger partial charge in [0.1, 0.15) is 5.82 Å². The van der Waals surface area contributed by atoms with Crippen LogP contribution in [0.25, 0.3) is 11.4 Å². The Hall–Kier alpha value is -2.44. The maximum absolute atomic E-state index is 13.3. The third-order valence-electron chi connectivity index (χ3n) is 4.24. The number of anilines is 1. The first-order chi connectivity index (χ1) is 12.5. The second kappa shape index (κ2) is 6.70. The van der Waals surface area contributed by atoms with Crippen molar-refractivity contribution in [2.75, 3.05) is 11.4 Å². The average Bonchev–Trinajstić information content (AvgIpc) is 3.25. The van der Waals surface area contributed by atoms with E-state index in [9.17, 15) is 9.18 Å². The number of nitrogens with zero attached hydrogens (tertiary/aromatic N) is 3.